The van der Waals surface area contributed by atoms with Crippen molar-refractivity contribution in [3.63, 3.8) is 0 Å². The SMILES string of the molecule is CCc1cc2c(cc1Cl)C(c1ccc(F)cc1)=NN(C)S(=O)(=O)C2. The second-order valence-corrected chi connectivity index (χ2v) is 7.99. The van der Waals surface area contributed by atoms with Crippen molar-refractivity contribution in [2.24, 2.45) is 5.10 Å². The van der Waals surface area contributed by atoms with Crippen LogP contribution in [0.15, 0.2) is 41.5 Å². The summed E-state index contributed by atoms with van der Waals surface area (Å²) in [6.07, 6.45) is 0.699. The summed E-state index contributed by atoms with van der Waals surface area (Å²) in [6.45, 7) is 1.96. The highest BCUT2D eigenvalue weighted by molar-refractivity contribution is 7.88. The first-order chi connectivity index (χ1) is 11.3. The van der Waals surface area contributed by atoms with E-state index in [0.717, 1.165) is 9.98 Å². The Hall–Kier alpha value is -1.92. The van der Waals surface area contributed by atoms with Gasteiger partial charge in [0.2, 0.25) is 0 Å². The van der Waals surface area contributed by atoms with Gasteiger partial charge in [-0.25, -0.2) is 12.8 Å². The Bertz CT molecular complexity index is 924. The molecule has 1 aliphatic rings. The van der Waals surface area contributed by atoms with Crippen LogP contribution in [0.3, 0.4) is 0 Å². The van der Waals surface area contributed by atoms with Crippen LogP contribution in [-0.4, -0.2) is 25.6 Å². The van der Waals surface area contributed by atoms with Gasteiger partial charge >= 0.3 is 0 Å². The maximum Gasteiger partial charge on any atom is 0.253 e. The number of aryl methyl sites for hydroxylation is 1. The molecule has 0 saturated heterocycles. The van der Waals surface area contributed by atoms with Crippen LogP contribution in [-0.2, 0) is 22.2 Å². The van der Waals surface area contributed by atoms with Gasteiger partial charge in [-0.2, -0.15) is 9.52 Å². The average molecular weight is 367 g/mol. The van der Waals surface area contributed by atoms with E-state index in [4.69, 9.17) is 11.6 Å². The molecule has 4 nitrogen and oxygen atoms in total. The van der Waals surface area contributed by atoms with Crippen molar-refractivity contribution in [1.29, 1.82) is 0 Å². The van der Waals surface area contributed by atoms with Gasteiger partial charge in [-0.3, -0.25) is 0 Å². The molecule has 1 aliphatic heterocycles. The number of hydrazone groups is 1. The third kappa shape index (κ3) is 3.03. The molecular formula is C17H16ClFN2O2S. The average Bonchev–Trinajstić information content (AvgIpc) is 2.63. The Labute approximate surface area is 145 Å². The first-order valence-electron chi connectivity index (χ1n) is 7.44. The number of fused-ring (bicyclic) bond motifs is 1. The Morgan fingerprint density at radius 3 is 2.54 bits per heavy atom. The summed E-state index contributed by atoms with van der Waals surface area (Å²) in [7, 11) is -2.17. The van der Waals surface area contributed by atoms with E-state index in [9.17, 15) is 12.8 Å². The Morgan fingerprint density at radius 2 is 1.92 bits per heavy atom. The van der Waals surface area contributed by atoms with E-state index in [-0.39, 0.29) is 11.6 Å². The van der Waals surface area contributed by atoms with Crippen LogP contribution in [0.25, 0.3) is 0 Å². The minimum absolute atomic E-state index is 0.156. The number of rotatable bonds is 2. The second kappa shape index (κ2) is 6.18. The molecule has 0 unspecified atom stereocenters. The molecule has 0 atom stereocenters. The zero-order valence-electron chi connectivity index (χ0n) is 13.3. The van der Waals surface area contributed by atoms with E-state index in [1.807, 2.05) is 13.0 Å². The lowest BCUT2D eigenvalue weighted by Crippen LogP contribution is -2.22. The van der Waals surface area contributed by atoms with Gasteiger partial charge in [0.15, 0.2) is 0 Å². The number of sulfonamides is 1. The molecule has 0 aromatic heterocycles. The summed E-state index contributed by atoms with van der Waals surface area (Å²) in [6, 6.07) is 9.34. The van der Waals surface area contributed by atoms with Crippen molar-refractivity contribution in [2.75, 3.05) is 7.05 Å². The Morgan fingerprint density at radius 1 is 1.25 bits per heavy atom. The van der Waals surface area contributed by atoms with Crippen LogP contribution in [0.5, 0.6) is 0 Å². The number of hydrogen-bond donors (Lipinski definition) is 0. The van der Waals surface area contributed by atoms with Crippen LogP contribution in [0.2, 0.25) is 5.02 Å². The fourth-order valence-corrected chi connectivity index (χ4v) is 3.97. The zero-order chi connectivity index (χ0) is 17.5. The first kappa shape index (κ1) is 16.9. The molecule has 126 valence electrons. The topological polar surface area (TPSA) is 49.7 Å². The van der Waals surface area contributed by atoms with Gasteiger partial charge in [0.1, 0.15) is 5.82 Å². The number of benzene rings is 2. The standard InChI is InChI=1S/C17H16ClFN2O2S/c1-3-11-8-13-10-24(22,23)21(2)20-17(15(13)9-16(11)18)12-4-6-14(19)7-5-12/h4-9H,3,10H2,1-2H3. The summed E-state index contributed by atoms with van der Waals surface area (Å²) in [4.78, 5) is 0. The Kier molecular flexibility index (Phi) is 4.36. The lowest BCUT2D eigenvalue weighted by molar-refractivity contribution is 0.490. The molecule has 0 amide bonds. The van der Waals surface area contributed by atoms with E-state index in [0.29, 0.717) is 33.8 Å². The molecule has 0 spiro atoms. The molecule has 0 radical (unpaired) electrons. The van der Waals surface area contributed by atoms with E-state index < -0.39 is 10.0 Å². The van der Waals surface area contributed by atoms with E-state index in [1.54, 1.807) is 18.2 Å². The molecule has 2 aromatic carbocycles. The lowest BCUT2D eigenvalue weighted by Gasteiger charge is -2.12. The molecular weight excluding hydrogens is 351 g/mol. The summed E-state index contributed by atoms with van der Waals surface area (Å²) in [5.74, 6) is -0.523. The molecule has 7 heteroatoms. The number of halogens is 2. The van der Waals surface area contributed by atoms with Gasteiger partial charge in [-0.15, -0.1) is 0 Å². The molecule has 0 N–H and O–H groups in total. The van der Waals surface area contributed by atoms with Gasteiger partial charge in [0, 0.05) is 23.2 Å². The number of nitrogens with zero attached hydrogens (tertiary/aromatic N) is 2. The molecule has 0 aliphatic carbocycles. The van der Waals surface area contributed by atoms with Gasteiger partial charge < -0.3 is 0 Å². The van der Waals surface area contributed by atoms with Crippen LogP contribution in [0, 0.1) is 5.82 Å². The molecule has 1 heterocycles. The zero-order valence-corrected chi connectivity index (χ0v) is 14.8. The minimum atomic E-state index is -3.57. The van der Waals surface area contributed by atoms with Crippen molar-refractivity contribution in [2.45, 2.75) is 19.1 Å². The van der Waals surface area contributed by atoms with Crippen LogP contribution >= 0.6 is 11.6 Å². The Balaban J connectivity index is 2.28. The van der Waals surface area contributed by atoms with Crippen molar-refractivity contribution in [3.8, 4) is 0 Å². The highest BCUT2D eigenvalue weighted by atomic mass is 35.5. The second-order valence-electron chi connectivity index (χ2n) is 5.60. The molecule has 0 fully saturated rings. The maximum absolute atomic E-state index is 13.2. The van der Waals surface area contributed by atoms with Crippen molar-refractivity contribution in [3.05, 3.63) is 69.5 Å². The minimum Gasteiger partial charge on any atom is -0.207 e. The predicted molar refractivity (Wildman–Crippen MR) is 93.3 cm³/mol. The van der Waals surface area contributed by atoms with Gasteiger partial charge in [0.25, 0.3) is 10.0 Å². The molecule has 24 heavy (non-hydrogen) atoms. The molecule has 3 rings (SSSR count). The van der Waals surface area contributed by atoms with Gasteiger partial charge in [-0.1, -0.05) is 24.6 Å². The fraction of sp³-hybridized carbons (Fsp3) is 0.235. The fourth-order valence-electron chi connectivity index (χ4n) is 2.65. The monoisotopic (exact) mass is 366 g/mol. The van der Waals surface area contributed by atoms with Crippen molar-refractivity contribution >= 4 is 27.3 Å². The van der Waals surface area contributed by atoms with E-state index in [1.165, 1.54) is 19.2 Å². The molecule has 0 bridgehead atoms. The summed E-state index contributed by atoms with van der Waals surface area (Å²) < 4.78 is 39.0. The highest BCUT2D eigenvalue weighted by Crippen LogP contribution is 2.29. The summed E-state index contributed by atoms with van der Waals surface area (Å²) >= 11 is 6.32. The predicted octanol–water partition coefficient (Wildman–Crippen LogP) is 3.57. The molecule has 0 saturated carbocycles. The van der Waals surface area contributed by atoms with Crippen molar-refractivity contribution in [1.82, 2.24) is 4.41 Å². The van der Waals surface area contributed by atoms with Gasteiger partial charge in [-0.05, 0) is 47.9 Å². The lowest BCUT2D eigenvalue weighted by atomic mass is 9.96. The highest BCUT2D eigenvalue weighted by Gasteiger charge is 2.27. The summed E-state index contributed by atoms with van der Waals surface area (Å²) in [5, 5.41) is 4.81. The normalized spacial score (nSPS) is 16.3. The number of hydrogen-bond acceptors (Lipinski definition) is 3. The van der Waals surface area contributed by atoms with Crippen LogP contribution < -0.4 is 0 Å². The smallest absolute Gasteiger partial charge is 0.207 e. The maximum atomic E-state index is 13.2. The van der Waals surface area contributed by atoms with Crippen molar-refractivity contribution < 1.29 is 12.8 Å². The largest absolute Gasteiger partial charge is 0.253 e. The summed E-state index contributed by atoms with van der Waals surface area (Å²) in [5.41, 5.74) is 3.26. The van der Waals surface area contributed by atoms with E-state index >= 15 is 0 Å². The van der Waals surface area contributed by atoms with Crippen LogP contribution in [0.4, 0.5) is 4.39 Å². The molecule has 2 aromatic rings. The van der Waals surface area contributed by atoms with Crippen LogP contribution in [0.1, 0.15) is 29.2 Å². The third-order valence-corrected chi connectivity index (χ3v) is 5.92. The third-order valence-electron chi connectivity index (χ3n) is 4.01. The first-order valence-corrected chi connectivity index (χ1v) is 9.43. The van der Waals surface area contributed by atoms with E-state index in [2.05, 4.69) is 5.10 Å². The quantitative estimate of drug-likeness (QED) is 0.815. The van der Waals surface area contributed by atoms with Gasteiger partial charge in [0.05, 0.1) is 11.5 Å².